The molecule has 0 saturated carbocycles. The summed E-state index contributed by atoms with van der Waals surface area (Å²) in [6, 6.07) is 11.1. The first kappa shape index (κ1) is 26.2. The van der Waals surface area contributed by atoms with E-state index < -0.39 is 0 Å². The van der Waals surface area contributed by atoms with E-state index in [1.54, 1.807) is 25.4 Å². The minimum Gasteiger partial charge on any atom is -0.497 e. The number of nitrogens with one attached hydrogen (secondary N) is 2. The molecule has 1 fully saturated rings. The van der Waals surface area contributed by atoms with E-state index in [-0.39, 0.29) is 24.2 Å². The van der Waals surface area contributed by atoms with Gasteiger partial charge in [-0.2, -0.15) is 5.10 Å². The van der Waals surface area contributed by atoms with Gasteiger partial charge in [-0.1, -0.05) is 0 Å². The SMILES string of the molecule is COc1ccc(-n2ncc(C(=O)Nc3cc(OC)c(OC)c(OC)c3)c2C2CCNCC2)cc1.Cl. The number of carbonyl (C=O) groups is 1. The van der Waals surface area contributed by atoms with Gasteiger partial charge in [0.15, 0.2) is 11.5 Å². The summed E-state index contributed by atoms with van der Waals surface area (Å²) >= 11 is 0. The van der Waals surface area contributed by atoms with Crippen LogP contribution in [0.2, 0.25) is 0 Å². The van der Waals surface area contributed by atoms with Crippen LogP contribution in [0.25, 0.3) is 5.69 Å². The Kier molecular flexibility index (Phi) is 8.84. The highest BCUT2D eigenvalue weighted by Gasteiger charge is 2.27. The number of anilines is 1. The van der Waals surface area contributed by atoms with Gasteiger partial charge >= 0.3 is 0 Å². The molecule has 1 saturated heterocycles. The van der Waals surface area contributed by atoms with E-state index >= 15 is 0 Å². The number of amides is 1. The molecule has 1 aliphatic rings. The van der Waals surface area contributed by atoms with Gasteiger partial charge in [0.25, 0.3) is 5.91 Å². The predicted molar refractivity (Wildman–Crippen MR) is 136 cm³/mol. The largest absolute Gasteiger partial charge is 0.497 e. The second-order valence-electron chi connectivity index (χ2n) is 7.95. The third-order valence-electron chi connectivity index (χ3n) is 6.02. The van der Waals surface area contributed by atoms with Gasteiger partial charge in [-0.05, 0) is 50.2 Å². The lowest BCUT2D eigenvalue weighted by atomic mass is 9.91. The Bertz CT molecular complexity index is 1120. The maximum atomic E-state index is 13.5. The lowest BCUT2D eigenvalue weighted by molar-refractivity contribution is 0.102. The average molecular weight is 503 g/mol. The minimum atomic E-state index is -0.248. The van der Waals surface area contributed by atoms with Crippen molar-refractivity contribution in [2.24, 2.45) is 0 Å². The van der Waals surface area contributed by atoms with E-state index in [9.17, 15) is 4.79 Å². The third kappa shape index (κ3) is 5.47. The Labute approximate surface area is 211 Å². The molecular weight excluding hydrogens is 472 g/mol. The lowest BCUT2D eigenvalue weighted by Gasteiger charge is -2.25. The fourth-order valence-electron chi connectivity index (χ4n) is 4.30. The van der Waals surface area contributed by atoms with Crippen molar-refractivity contribution >= 4 is 24.0 Å². The van der Waals surface area contributed by atoms with Crippen LogP contribution in [0.5, 0.6) is 23.0 Å². The summed E-state index contributed by atoms with van der Waals surface area (Å²) in [5.41, 5.74) is 2.85. The molecule has 9 nitrogen and oxygen atoms in total. The van der Waals surface area contributed by atoms with Crippen LogP contribution in [-0.2, 0) is 0 Å². The highest BCUT2D eigenvalue weighted by Crippen LogP contribution is 2.40. The molecule has 10 heteroatoms. The second-order valence-corrected chi connectivity index (χ2v) is 7.95. The molecule has 1 aromatic heterocycles. The Balaban J connectivity index is 0.00000342. The number of ether oxygens (including phenoxy) is 4. The Morgan fingerprint density at radius 1 is 0.971 bits per heavy atom. The first-order chi connectivity index (χ1) is 16.6. The van der Waals surface area contributed by atoms with E-state index in [2.05, 4.69) is 15.7 Å². The van der Waals surface area contributed by atoms with Crippen molar-refractivity contribution in [1.29, 1.82) is 0 Å². The van der Waals surface area contributed by atoms with E-state index in [0.717, 1.165) is 43.1 Å². The summed E-state index contributed by atoms with van der Waals surface area (Å²) in [7, 11) is 6.25. The number of hydrogen-bond acceptors (Lipinski definition) is 7. The molecule has 0 radical (unpaired) electrons. The topological polar surface area (TPSA) is 95.9 Å². The zero-order valence-electron chi connectivity index (χ0n) is 20.3. The monoisotopic (exact) mass is 502 g/mol. The quantitative estimate of drug-likeness (QED) is 0.479. The van der Waals surface area contributed by atoms with Gasteiger partial charge in [-0.15, -0.1) is 12.4 Å². The normalized spacial score (nSPS) is 13.5. The number of halogens is 1. The first-order valence-corrected chi connectivity index (χ1v) is 11.1. The standard InChI is InChI=1S/C25H30N4O5.ClH/c1-31-19-7-5-18(6-8-19)29-23(16-9-11-26-12-10-16)20(15-27-29)25(30)28-17-13-21(32-2)24(34-4)22(14-17)33-3;/h5-8,13-16,26H,9-12H2,1-4H3,(H,28,30);1H. The number of rotatable bonds is 8. The zero-order valence-corrected chi connectivity index (χ0v) is 21.1. The van der Waals surface area contributed by atoms with Crippen LogP contribution in [0.15, 0.2) is 42.6 Å². The first-order valence-electron chi connectivity index (χ1n) is 11.1. The molecule has 0 bridgehead atoms. The molecule has 0 unspecified atom stereocenters. The number of nitrogens with zero attached hydrogens (tertiary/aromatic N) is 2. The van der Waals surface area contributed by atoms with Crippen LogP contribution in [0.3, 0.4) is 0 Å². The van der Waals surface area contributed by atoms with Gasteiger partial charge in [0.2, 0.25) is 5.75 Å². The molecule has 0 spiro atoms. The van der Waals surface area contributed by atoms with Crippen molar-refractivity contribution in [3.05, 3.63) is 53.9 Å². The van der Waals surface area contributed by atoms with Crippen molar-refractivity contribution in [3.8, 4) is 28.7 Å². The van der Waals surface area contributed by atoms with Crippen LogP contribution in [0, 0.1) is 0 Å². The molecule has 2 heterocycles. The summed E-state index contributed by atoms with van der Waals surface area (Å²) < 4.78 is 23.4. The number of benzene rings is 2. The highest BCUT2D eigenvalue weighted by molar-refractivity contribution is 6.05. The zero-order chi connectivity index (χ0) is 24.1. The molecule has 2 aromatic carbocycles. The molecule has 4 rings (SSSR count). The number of carbonyl (C=O) groups excluding carboxylic acids is 1. The number of piperidine rings is 1. The van der Waals surface area contributed by atoms with Crippen molar-refractivity contribution in [2.45, 2.75) is 18.8 Å². The number of methoxy groups -OCH3 is 4. The summed E-state index contributed by atoms with van der Waals surface area (Å²) in [4.78, 5) is 13.5. The molecule has 35 heavy (non-hydrogen) atoms. The lowest BCUT2D eigenvalue weighted by Crippen LogP contribution is -2.29. The van der Waals surface area contributed by atoms with Crippen molar-refractivity contribution in [1.82, 2.24) is 15.1 Å². The van der Waals surface area contributed by atoms with Crippen molar-refractivity contribution in [3.63, 3.8) is 0 Å². The van der Waals surface area contributed by atoms with E-state index in [4.69, 9.17) is 18.9 Å². The number of hydrogen-bond donors (Lipinski definition) is 2. The van der Waals surface area contributed by atoms with E-state index in [1.165, 1.54) is 21.3 Å². The van der Waals surface area contributed by atoms with Gasteiger partial charge < -0.3 is 29.6 Å². The van der Waals surface area contributed by atoms with Crippen LogP contribution in [0.1, 0.15) is 34.8 Å². The minimum absolute atomic E-state index is 0. The Morgan fingerprint density at radius 2 is 1.60 bits per heavy atom. The molecule has 0 aliphatic carbocycles. The third-order valence-corrected chi connectivity index (χ3v) is 6.02. The van der Waals surface area contributed by atoms with E-state index in [1.807, 2.05) is 28.9 Å². The molecule has 2 N–H and O–H groups in total. The second kappa shape index (κ2) is 11.8. The molecular formula is C25H31ClN4O5. The van der Waals surface area contributed by atoms with E-state index in [0.29, 0.717) is 28.5 Å². The van der Waals surface area contributed by atoms with Gasteiger partial charge in [-0.25, -0.2) is 4.68 Å². The van der Waals surface area contributed by atoms with Crippen molar-refractivity contribution in [2.75, 3.05) is 46.8 Å². The Hall–Kier alpha value is -3.43. The van der Waals surface area contributed by atoms with Crippen LogP contribution in [-0.4, -0.2) is 57.2 Å². The van der Waals surface area contributed by atoms with Gasteiger partial charge in [-0.3, -0.25) is 4.79 Å². The highest BCUT2D eigenvalue weighted by atomic mass is 35.5. The van der Waals surface area contributed by atoms with Crippen LogP contribution in [0.4, 0.5) is 5.69 Å². The van der Waals surface area contributed by atoms with Crippen LogP contribution < -0.4 is 29.6 Å². The average Bonchev–Trinajstić information content (AvgIpc) is 3.34. The molecule has 188 valence electrons. The maximum Gasteiger partial charge on any atom is 0.259 e. The summed E-state index contributed by atoms with van der Waals surface area (Å²) in [6.45, 7) is 1.79. The maximum absolute atomic E-state index is 13.5. The fraction of sp³-hybridized carbons (Fsp3) is 0.360. The molecule has 3 aromatic rings. The molecule has 0 atom stereocenters. The Morgan fingerprint density at radius 3 is 2.14 bits per heavy atom. The number of aromatic nitrogens is 2. The van der Waals surface area contributed by atoms with Gasteiger partial charge in [0, 0.05) is 23.7 Å². The summed E-state index contributed by atoms with van der Waals surface area (Å²) in [5, 5.41) is 11.0. The van der Waals surface area contributed by atoms with Gasteiger partial charge in [0.05, 0.1) is 51.6 Å². The smallest absolute Gasteiger partial charge is 0.259 e. The van der Waals surface area contributed by atoms with Crippen molar-refractivity contribution < 1.29 is 23.7 Å². The molecule has 1 amide bonds. The predicted octanol–water partition coefficient (Wildman–Crippen LogP) is 4.05. The van der Waals surface area contributed by atoms with Crippen LogP contribution >= 0.6 is 12.4 Å². The summed E-state index contributed by atoms with van der Waals surface area (Å²) in [5.74, 6) is 2.11. The van der Waals surface area contributed by atoms with Gasteiger partial charge in [0.1, 0.15) is 5.75 Å². The molecule has 1 aliphatic heterocycles. The fourth-order valence-corrected chi connectivity index (χ4v) is 4.30. The summed E-state index contributed by atoms with van der Waals surface area (Å²) in [6.07, 6.45) is 3.48.